The van der Waals surface area contributed by atoms with E-state index in [1.54, 1.807) is 0 Å². The van der Waals surface area contributed by atoms with Gasteiger partial charge in [0.05, 0.1) is 11.2 Å². The summed E-state index contributed by atoms with van der Waals surface area (Å²) in [5.74, 6) is 0. The van der Waals surface area contributed by atoms with Gasteiger partial charge >= 0.3 is 13.3 Å². The van der Waals surface area contributed by atoms with Gasteiger partial charge in [0.2, 0.25) is 0 Å². The number of hydrogen-bond donors (Lipinski definition) is 2. The molecule has 14 heavy (non-hydrogen) atoms. The molecule has 1 aromatic rings. The zero-order chi connectivity index (χ0) is 10.9. The molecule has 1 aromatic heterocycles. The maximum Gasteiger partial charge on any atom is 0.508 e. The van der Waals surface area contributed by atoms with Crippen LogP contribution in [0.25, 0.3) is 0 Å². The molecule has 0 aromatic carbocycles. The van der Waals surface area contributed by atoms with E-state index in [0.29, 0.717) is 6.07 Å². The van der Waals surface area contributed by atoms with Crippen LogP contribution in [-0.4, -0.2) is 22.2 Å². The topological polar surface area (TPSA) is 53.4 Å². The first-order valence-electron chi connectivity index (χ1n) is 3.72. The third-order valence-corrected chi connectivity index (χ3v) is 1.57. The minimum atomic E-state index is -4.50. The van der Waals surface area contributed by atoms with Crippen molar-refractivity contribution in [3.63, 3.8) is 0 Å². The van der Waals surface area contributed by atoms with Gasteiger partial charge in [-0.1, -0.05) is 0 Å². The summed E-state index contributed by atoms with van der Waals surface area (Å²) >= 11 is 0. The SMILES string of the molecule is Cc1cc(C(F)(F)F)cc(B(O)O)n1. The van der Waals surface area contributed by atoms with Crippen molar-refractivity contribution in [2.45, 2.75) is 13.1 Å². The first-order chi connectivity index (χ1) is 6.30. The Kier molecular flexibility index (Phi) is 2.82. The fraction of sp³-hybridized carbons (Fsp3) is 0.286. The lowest BCUT2D eigenvalue weighted by Gasteiger charge is -2.09. The highest BCUT2D eigenvalue weighted by Crippen LogP contribution is 2.28. The predicted octanol–water partition coefficient (Wildman–Crippen LogP) is 0.0886. The lowest BCUT2D eigenvalue weighted by molar-refractivity contribution is -0.137. The van der Waals surface area contributed by atoms with Crippen molar-refractivity contribution in [1.82, 2.24) is 4.98 Å². The van der Waals surface area contributed by atoms with Gasteiger partial charge < -0.3 is 10.0 Å². The van der Waals surface area contributed by atoms with E-state index in [-0.39, 0.29) is 5.69 Å². The van der Waals surface area contributed by atoms with Crippen LogP contribution in [0, 0.1) is 6.92 Å². The molecule has 0 amide bonds. The van der Waals surface area contributed by atoms with E-state index in [4.69, 9.17) is 10.0 Å². The highest BCUT2D eigenvalue weighted by atomic mass is 19.4. The Balaban J connectivity index is 3.21. The number of alkyl halides is 3. The smallest absolute Gasteiger partial charge is 0.422 e. The zero-order valence-electron chi connectivity index (χ0n) is 7.21. The second kappa shape index (κ2) is 3.59. The second-order valence-electron chi connectivity index (χ2n) is 2.79. The summed E-state index contributed by atoms with van der Waals surface area (Å²) in [6.07, 6.45) is -4.50. The molecule has 0 saturated heterocycles. The van der Waals surface area contributed by atoms with Gasteiger partial charge in [-0.25, -0.2) is 0 Å². The highest BCUT2D eigenvalue weighted by Gasteiger charge is 2.32. The van der Waals surface area contributed by atoms with Crippen LogP contribution < -0.4 is 5.59 Å². The van der Waals surface area contributed by atoms with Gasteiger partial charge in [-0.3, -0.25) is 4.98 Å². The normalized spacial score (nSPS) is 11.6. The molecule has 1 rings (SSSR count). The van der Waals surface area contributed by atoms with E-state index in [0.717, 1.165) is 6.07 Å². The van der Waals surface area contributed by atoms with Crippen molar-refractivity contribution in [3.05, 3.63) is 23.4 Å². The summed E-state index contributed by atoms with van der Waals surface area (Å²) in [6, 6.07) is 1.45. The molecule has 0 fully saturated rings. The average molecular weight is 205 g/mol. The molecule has 3 nitrogen and oxygen atoms in total. The van der Waals surface area contributed by atoms with Gasteiger partial charge in [0.15, 0.2) is 0 Å². The van der Waals surface area contributed by atoms with Gasteiger partial charge in [0.1, 0.15) is 0 Å². The number of hydrogen-bond acceptors (Lipinski definition) is 3. The molecular formula is C7H7BF3NO2. The third kappa shape index (κ3) is 2.46. The van der Waals surface area contributed by atoms with Crippen LogP contribution in [0.3, 0.4) is 0 Å². The molecule has 0 saturated carbocycles. The van der Waals surface area contributed by atoms with Gasteiger partial charge in [0.25, 0.3) is 0 Å². The Morgan fingerprint density at radius 1 is 1.29 bits per heavy atom. The maximum absolute atomic E-state index is 12.2. The van der Waals surface area contributed by atoms with E-state index < -0.39 is 24.5 Å². The Hall–Kier alpha value is -1.08. The quantitative estimate of drug-likeness (QED) is 0.638. The molecule has 76 valence electrons. The lowest BCUT2D eigenvalue weighted by Crippen LogP contribution is -2.34. The molecule has 0 aliphatic heterocycles. The molecule has 2 N–H and O–H groups in total. The number of nitrogens with zero attached hydrogens (tertiary/aromatic N) is 1. The first-order valence-corrected chi connectivity index (χ1v) is 3.72. The highest BCUT2D eigenvalue weighted by molar-refractivity contribution is 6.57. The van der Waals surface area contributed by atoms with Gasteiger partial charge in [0, 0.05) is 5.69 Å². The molecule has 0 radical (unpaired) electrons. The molecular weight excluding hydrogens is 198 g/mol. The molecule has 0 bridgehead atoms. The van der Waals surface area contributed by atoms with Crippen LogP contribution in [-0.2, 0) is 6.18 Å². The summed E-state index contributed by atoms with van der Waals surface area (Å²) < 4.78 is 36.7. The van der Waals surface area contributed by atoms with Crippen molar-refractivity contribution in [3.8, 4) is 0 Å². The Morgan fingerprint density at radius 3 is 2.29 bits per heavy atom. The molecule has 1 heterocycles. The van der Waals surface area contributed by atoms with Crippen LogP contribution in [0.1, 0.15) is 11.3 Å². The van der Waals surface area contributed by atoms with Crippen LogP contribution in [0.2, 0.25) is 0 Å². The Morgan fingerprint density at radius 2 is 1.86 bits per heavy atom. The minimum Gasteiger partial charge on any atom is -0.422 e. The lowest BCUT2D eigenvalue weighted by atomic mass is 9.84. The summed E-state index contributed by atoms with van der Waals surface area (Å²) in [5, 5.41) is 17.3. The number of rotatable bonds is 1. The number of halogens is 3. The molecule has 0 aliphatic carbocycles. The fourth-order valence-corrected chi connectivity index (χ4v) is 0.990. The van der Waals surface area contributed by atoms with Gasteiger partial charge in [-0.05, 0) is 19.1 Å². The molecule has 0 atom stereocenters. The van der Waals surface area contributed by atoms with Crippen LogP contribution >= 0.6 is 0 Å². The van der Waals surface area contributed by atoms with E-state index in [1.165, 1.54) is 6.92 Å². The van der Waals surface area contributed by atoms with Crippen molar-refractivity contribution in [2.75, 3.05) is 0 Å². The summed E-state index contributed by atoms with van der Waals surface area (Å²) in [6.45, 7) is 1.35. The second-order valence-corrected chi connectivity index (χ2v) is 2.79. The Bertz CT molecular complexity index is 340. The maximum atomic E-state index is 12.2. The van der Waals surface area contributed by atoms with Crippen molar-refractivity contribution in [2.24, 2.45) is 0 Å². The van der Waals surface area contributed by atoms with E-state index in [2.05, 4.69) is 4.98 Å². The Labute approximate surface area is 78.4 Å². The predicted molar refractivity (Wildman–Crippen MR) is 43.8 cm³/mol. The standard InChI is InChI=1S/C7H7BF3NO2/c1-4-2-5(7(9,10)11)3-6(12-4)8(13)14/h2-3,13-14H,1H3. The van der Waals surface area contributed by atoms with E-state index >= 15 is 0 Å². The summed E-state index contributed by atoms with van der Waals surface area (Å²) in [5.41, 5.74) is -1.26. The zero-order valence-corrected chi connectivity index (χ0v) is 7.21. The van der Waals surface area contributed by atoms with Crippen LogP contribution in [0.15, 0.2) is 12.1 Å². The van der Waals surface area contributed by atoms with E-state index in [1.807, 2.05) is 0 Å². The van der Waals surface area contributed by atoms with Crippen LogP contribution in [0.5, 0.6) is 0 Å². The minimum absolute atomic E-state index is 0.0860. The largest absolute Gasteiger partial charge is 0.508 e. The number of aromatic nitrogens is 1. The average Bonchev–Trinajstić information content (AvgIpc) is 2.01. The number of pyridine rings is 1. The number of aryl methyl sites for hydroxylation is 1. The molecule has 0 unspecified atom stereocenters. The fourth-order valence-electron chi connectivity index (χ4n) is 0.990. The molecule has 0 aliphatic rings. The van der Waals surface area contributed by atoms with Crippen molar-refractivity contribution < 1.29 is 23.2 Å². The summed E-state index contributed by atoms with van der Waals surface area (Å²) in [7, 11) is -1.99. The first kappa shape index (κ1) is 11.0. The molecule has 7 heteroatoms. The van der Waals surface area contributed by atoms with Crippen molar-refractivity contribution >= 4 is 12.7 Å². The van der Waals surface area contributed by atoms with Crippen molar-refractivity contribution in [1.29, 1.82) is 0 Å². The van der Waals surface area contributed by atoms with Gasteiger partial charge in [-0.15, -0.1) is 0 Å². The molecule has 0 spiro atoms. The monoisotopic (exact) mass is 205 g/mol. The van der Waals surface area contributed by atoms with Crippen LogP contribution in [0.4, 0.5) is 13.2 Å². The third-order valence-electron chi connectivity index (χ3n) is 1.57. The van der Waals surface area contributed by atoms with E-state index in [9.17, 15) is 13.2 Å². The summed E-state index contributed by atoms with van der Waals surface area (Å²) in [4.78, 5) is 3.55. The van der Waals surface area contributed by atoms with Gasteiger partial charge in [-0.2, -0.15) is 13.2 Å².